The lowest BCUT2D eigenvalue weighted by Gasteiger charge is -2.23. The first kappa shape index (κ1) is 10.8. The molecule has 1 aliphatic rings. The molecule has 0 aromatic carbocycles. The molecular formula is C13H17N. The van der Waals surface area contributed by atoms with Gasteiger partial charge in [-0.3, -0.25) is 0 Å². The first-order valence-electron chi connectivity index (χ1n) is 5.03. The molecule has 1 heteroatoms. The van der Waals surface area contributed by atoms with Gasteiger partial charge in [-0.05, 0) is 38.2 Å². The summed E-state index contributed by atoms with van der Waals surface area (Å²) in [5.74, 6) is 0.573. The Kier molecular flexibility index (Phi) is 3.71. The molecule has 0 radical (unpaired) electrons. The maximum atomic E-state index is 8.53. The average molecular weight is 187 g/mol. The Morgan fingerprint density at radius 2 is 2.50 bits per heavy atom. The number of nitriles is 1. The molecule has 0 aromatic rings. The number of hydrogen-bond acceptors (Lipinski definition) is 1. The van der Waals surface area contributed by atoms with Crippen molar-refractivity contribution < 1.29 is 0 Å². The molecule has 1 unspecified atom stereocenters. The highest BCUT2D eigenvalue weighted by molar-refractivity contribution is 5.34. The minimum Gasteiger partial charge on any atom is -0.198 e. The maximum Gasteiger partial charge on any atom is 0.0663 e. The number of allylic oxidation sites excluding steroid dienone is 5. The van der Waals surface area contributed by atoms with Crippen LogP contribution in [0.5, 0.6) is 0 Å². The van der Waals surface area contributed by atoms with Crippen LogP contribution in [-0.2, 0) is 0 Å². The summed E-state index contributed by atoms with van der Waals surface area (Å²) in [6.07, 6.45) is 6.97. The fraction of sp³-hybridized carbons (Fsp3) is 0.462. The zero-order valence-corrected chi connectivity index (χ0v) is 9.01. The van der Waals surface area contributed by atoms with E-state index >= 15 is 0 Å². The third-order valence-electron chi connectivity index (χ3n) is 2.82. The second-order valence-electron chi connectivity index (χ2n) is 3.96. The predicted octanol–water partition coefficient (Wildman–Crippen LogP) is 3.76. The Bertz CT molecular complexity index is 326. The SMILES string of the molecule is C=C(C)C1CC=C(C)C(=CCC#N)C1. The molecule has 0 amide bonds. The van der Waals surface area contributed by atoms with E-state index in [0.717, 1.165) is 12.8 Å². The molecule has 0 saturated heterocycles. The van der Waals surface area contributed by atoms with E-state index in [0.29, 0.717) is 12.3 Å². The fourth-order valence-corrected chi connectivity index (χ4v) is 1.75. The third kappa shape index (κ3) is 2.60. The van der Waals surface area contributed by atoms with Gasteiger partial charge in [-0.15, -0.1) is 0 Å². The second-order valence-corrected chi connectivity index (χ2v) is 3.96. The van der Waals surface area contributed by atoms with Crippen molar-refractivity contribution in [3.8, 4) is 6.07 Å². The van der Waals surface area contributed by atoms with Crippen molar-refractivity contribution in [2.75, 3.05) is 0 Å². The molecule has 0 aromatic heterocycles. The molecule has 0 N–H and O–H groups in total. The molecule has 0 fully saturated rings. The lowest BCUT2D eigenvalue weighted by molar-refractivity contribution is 0.599. The Morgan fingerprint density at radius 1 is 1.79 bits per heavy atom. The highest BCUT2D eigenvalue weighted by atomic mass is 14.2. The molecule has 1 rings (SSSR count). The predicted molar refractivity (Wildman–Crippen MR) is 59.6 cm³/mol. The molecule has 0 aliphatic heterocycles. The molecular weight excluding hydrogens is 170 g/mol. The van der Waals surface area contributed by atoms with E-state index in [2.05, 4.69) is 32.6 Å². The Balaban J connectivity index is 2.77. The normalized spacial score (nSPS) is 24.2. The van der Waals surface area contributed by atoms with Gasteiger partial charge in [-0.25, -0.2) is 0 Å². The number of nitrogens with zero attached hydrogens (tertiary/aromatic N) is 1. The van der Waals surface area contributed by atoms with Crippen molar-refractivity contribution in [2.45, 2.75) is 33.1 Å². The monoisotopic (exact) mass is 187 g/mol. The second kappa shape index (κ2) is 4.81. The van der Waals surface area contributed by atoms with Crippen LogP contribution >= 0.6 is 0 Å². The van der Waals surface area contributed by atoms with E-state index in [4.69, 9.17) is 5.26 Å². The lowest BCUT2D eigenvalue weighted by Crippen LogP contribution is -2.08. The van der Waals surface area contributed by atoms with Gasteiger partial charge >= 0.3 is 0 Å². The maximum absolute atomic E-state index is 8.53. The van der Waals surface area contributed by atoms with Crippen LogP contribution < -0.4 is 0 Å². The van der Waals surface area contributed by atoms with Gasteiger partial charge in [0.05, 0.1) is 12.5 Å². The van der Waals surface area contributed by atoms with Crippen molar-refractivity contribution in [1.29, 1.82) is 5.26 Å². The van der Waals surface area contributed by atoms with Crippen LogP contribution in [0.4, 0.5) is 0 Å². The van der Waals surface area contributed by atoms with Gasteiger partial charge in [0.2, 0.25) is 0 Å². The van der Waals surface area contributed by atoms with Crippen LogP contribution in [-0.4, -0.2) is 0 Å². The molecule has 1 nitrogen and oxygen atoms in total. The van der Waals surface area contributed by atoms with E-state index < -0.39 is 0 Å². The van der Waals surface area contributed by atoms with E-state index in [1.165, 1.54) is 16.7 Å². The largest absolute Gasteiger partial charge is 0.198 e. The Labute approximate surface area is 86.4 Å². The summed E-state index contributed by atoms with van der Waals surface area (Å²) in [4.78, 5) is 0. The first-order valence-corrected chi connectivity index (χ1v) is 5.03. The minimum atomic E-state index is 0.517. The van der Waals surface area contributed by atoms with E-state index in [9.17, 15) is 0 Å². The average Bonchev–Trinajstić information content (AvgIpc) is 2.16. The third-order valence-corrected chi connectivity index (χ3v) is 2.82. The van der Waals surface area contributed by atoms with Gasteiger partial charge in [0.25, 0.3) is 0 Å². The summed E-state index contributed by atoms with van der Waals surface area (Å²) in [6, 6.07) is 2.15. The molecule has 0 saturated carbocycles. The molecule has 1 aliphatic carbocycles. The van der Waals surface area contributed by atoms with E-state index in [1.807, 2.05) is 6.08 Å². The van der Waals surface area contributed by atoms with Gasteiger partial charge in [-0.1, -0.05) is 29.9 Å². The zero-order valence-electron chi connectivity index (χ0n) is 9.01. The first-order chi connectivity index (χ1) is 6.65. The molecule has 0 spiro atoms. The summed E-state index contributed by atoms with van der Waals surface area (Å²) in [7, 11) is 0. The van der Waals surface area contributed by atoms with Crippen molar-refractivity contribution in [3.05, 3.63) is 35.5 Å². The van der Waals surface area contributed by atoms with Crippen LogP contribution in [0.25, 0.3) is 0 Å². The summed E-state index contributed by atoms with van der Waals surface area (Å²) >= 11 is 0. The van der Waals surface area contributed by atoms with Gasteiger partial charge in [0, 0.05) is 0 Å². The van der Waals surface area contributed by atoms with Gasteiger partial charge in [-0.2, -0.15) is 5.26 Å². The van der Waals surface area contributed by atoms with Crippen molar-refractivity contribution >= 4 is 0 Å². The van der Waals surface area contributed by atoms with Crippen LogP contribution in [0.3, 0.4) is 0 Å². The molecule has 74 valence electrons. The topological polar surface area (TPSA) is 23.8 Å². The molecule has 0 bridgehead atoms. The smallest absolute Gasteiger partial charge is 0.0663 e. The number of hydrogen-bond donors (Lipinski definition) is 0. The van der Waals surface area contributed by atoms with Crippen LogP contribution in [0.15, 0.2) is 35.5 Å². The summed E-state index contributed by atoms with van der Waals surface area (Å²) < 4.78 is 0. The highest BCUT2D eigenvalue weighted by Gasteiger charge is 2.16. The zero-order chi connectivity index (χ0) is 10.6. The summed E-state index contributed by atoms with van der Waals surface area (Å²) in [6.45, 7) is 8.20. The van der Waals surface area contributed by atoms with Crippen molar-refractivity contribution in [3.63, 3.8) is 0 Å². The van der Waals surface area contributed by atoms with Gasteiger partial charge in [0.15, 0.2) is 0 Å². The van der Waals surface area contributed by atoms with Crippen LogP contribution in [0.2, 0.25) is 0 Å². The van der Waals surface area contributed by atoms with E-state index in [-0.39, 0.29) is 0 Å². The molecule has 0 heterocycles. The Morgan fingerprint density at radius 3 is 3.07 bits per heavy atom. The van der Waals surface area contributed by atoms with Crippen LogP contribution in [0, 0.1) is 17.2 Å². The van der Waals surface area contributed by atoms with E-state index in [1.54, 1.807) is 0 Å². The minimum absolute atomic E-state index is 0.517. The number of rotatable bonds is 2. The molecule has 14 heavy (non-hydrogen) atoms. The quantitative estimate of drug-likeness (QED) is 0.604. The molecule has 1 atom stereocenters. The van der Waals surface area contributed by atoms with Gasteiger partial charge < -0.3 is 0 Å². The highest BCUT2D eigenvalue weighted by Crippen LogP contribution is 2.32. The lowest BCUT2D eigenvalue weighted by atomic mass is 9.82. The Hall–Kier alpha value is -1.29. The summed E-state index contributed by atoms with van der Waals surface area (Å²) in [5.41, 5.74) is 3.90. The van der Waals surface area contributed by atoms with Crippen molar-refractivity contribution in [1.82, 2.24) is 0 Å². The summed E-state index contributed by atoms with van der Waals surface area (Å²) in [5, 5.41) is 8.53. The van der Waals surface area contributed by atoms with Crippen LogP contribution in [0.1, 0.15) is 33.1 Å². The standard InChI is InChI=1S/C13H17N/c1-10(2)12-7-6-11(3)13(9-12)5-4-8-14/h5-6,12H,1,4,7,9H2,2-3H3. The van der Waals surface area contributed by atoms with Gasteiger partial charge in [0.1, 0.15) is 0 Å². The van der Waals surface area contributed by atoms with Crippen molar-refractivity contribution in [2.24, 2.45) is 5.92 Å². The fourth-order valence-electron chi connectivity index (χ4n) is 1.75.